The molecule has 1 heterocycles. The van der Waals surface area contributed by atoms with Gasteiger partial charge in [0.15, 0.2) is 11.1 Å². The molecule has 182 valence electrons. The number of hydrogen-bond acceptors (Lipinski definition) is 8. The summed E-state index contributed by atoms with van der Waals surface area (Å²) in [5.74, 6) is -1.66. The van der Waals surface area contributed by atoms with Crippen LogP contribution in [0.2, 0.25) is 0 Å². The zero-order chi connectivity index (χ0) is 24.9. The summed E-state index contributed by atoms with van der Waals surface area (Å²) >= 11 is 1.52. The number of rotatable bonds is 12. The number of anilines is 1. The van der Waals surface area contributed by atoms with E-state index in [0.717, 1.165) is 43.1 Å². The minimum absolute atomic E-state index is 0.350. The third-order valence-electron chi connectivity index (χ3n) is 3.53. The standard InChI is InChI=1S/C15H26N8OS.C4H4O4/c1-18-14(21-11-16)20-7-5-3-4-6-12-10-25-15(22-12)23-13(17)19-8-9-24-2;5-3(6)1-2-4(7)8/h10H,3-9H2,1-2H3,(H2,18,20,21)(H3,17,19,22,23);1-2H,(H,5,6)(H,7,8)/b;2-1+. The van der Waals surface area contributed by atoms with E-state index in [0.29, 0.717) is 37.2 Å². The van der Waals surface area contributed by atoms with Crippen LogP contribution >= 0.6 is 11.3 Å². The van der Waals surface area contributed by atoms with E-state index in [9.17, 15) is 9.59 Å². The molecular formula is C19H30N8O5S. The Morgan fingerprint density at radius 1 is 1.30 bits per heavy atom. The van der Waals surface area contributed by atoms with Gasteiger partial charge in [-0.1, -0.05) is 6.42 Å². The monoisotopic (exact) mass is 482 g/mol. The molecule has 0 atom stereocenters. The zero-order valence-corrected chi connectivity index (χ0v) is 19.4. The number of guanidine groups is 2. The number of hydrogen-bond donors (Lipinski definition) is 6. The van der Waals surface area contributed by atoms with Crippen LogP contribution in [0.3, 0.4) is 0 Å². The maximum atomic E-state index is 9.55. The molecule has 0 bridgehead atoms. The summed E-state index contributed by atoms with van der Waals surface area (Å²) in [5, 5.41) is 35.8. The maximum Gasteiger partial charge on any atom is 0.328 e. The third kappa shape index (κ3) is 17.7. The van der Waals surface area contributed by atoms with E-state index in [1.54, 1.807) is 20.4 Å². The van der Waals surface area contributed by atoms with Crippen LogP contribution < -0.4 is 21.7 Å². The SMILES string of the molecule is CN/C(=N/C#N)NCCCCCc1csc(N/C(N)=N\CCOC)n1.O=C(O)/C=C/C(=O)O. The van der Waals surface area contributed by atoms with Crippen LogP contribution in [0.1, 0.15) is 25.0 Å². The van der Waals surface area contributed by atoms with Crippen LogP contribution in [0.4, 0.5) is 5.13 Å². The van der Waals surface area contributed by atoms with Gasteiger partial charge in [-0.05, 0) is 19.3 Å². The maximum absolute atomic E-state index is 9.55. The van der Waals surface area contributed by atoms with Crippen molar-refractivity contribution in [2.75, 3.05) is 39.2 Å². The van der Waals surface area contributed by atoms with Crippen LogP contribution in [0.5, 0.6) is 0 Å². The van der Waals surface area contributed by atoms with E-state index in [1.165, 1.54) is 11.3 Å². The first kappa shape index (κ1) is 29.3. The highest BCUT2D eigenvalue weighted by atomic mass is 32.1. The average Bonchev–Trinajstić information content (AvgIpc) is 3.21. The number of unbranched alkanes of at least 4 members (excludes halogenated alkanes) is 2. The van der Waals surface area contributed by atoms with Crippen molar-refractivity contribution in [3.63, 3.8) is 0 Å². The van der Waals surface area contributed by atoms with Gasteiger partial charge in [-0.25, -0.2) is 14.6 Å². The Labute approximate surface area is 196 Å². The molecule has 0 aromatic carbocycles. The summed E-state index contributed by atoms with van der Waals surface area (Å²) in [6.45, 7) is 1.84. The second-order valence-electron chi connectivity index (χ2n) is 6.09. The zero-order valence-electron chi connectivity index (χ0n) is 18.6. The normalized spacial score (nSPS) is 11.3. The molecule has 0 fully saturated rings. The molecule has 1 aromatic rings. The number of thiazole rings is 1. The predicted octanol–water partition coefficient (Wildman–Crippen LogP) is 0.587. The second-order valence-corrected chi connectivity index (χ2v) is 6.94. The molecule has 0 radical (unpaired) electrons. The Kier molecular flexibility index (Phi) is 16.9. The highest BCUT2D eigenvalue weighted by Gasteiger charge is 2.03. The first-order chi connectivity index (χ1) is 15.8. The second kappa shape index (κ2) is 19.0. The lowest BCUT2D eigenvalue weighted by molar-refractivity contribution is -0.134. The van der Waals surface area contributed by atoms with Gasteiger partial charge in [0, 0.05) is 38.2 Å². The summed E-state index contributed by atoms with van der Waals surface area (Å²) in [6.07, 6.45) is 6.90. The summed E-state index contributed by atoms with van der Waals surface area (Å²) < 4.78 is 4.92. The molecule has 33 heavy (non-hydrogen) atoms. The topological polar surface area (TPSA) is 207 Å². The molecule has 7 N–H and O–H groups in total. The van der Waals surface area contributed by atoms with E-state index in [1.807, 2.05) is 5.38 Å². The first-order valence-electron chi connectivity index (χ1n) is 9.85. The fourth-order valence-electron chi connectivity index (χ4n) is 2.08. The molecular weight excluding hydrogens is 452 g/mol. The first-order valence-corrected chi connectivity index (χ1v) is 10.7. The van der Waals surface area contributed by atoms with Gasteiger partial charge in [0.05, 0.1) is 18.8 Å². The summed E-state index contributed by atoms with van der Waals surface area (Å²) in [6, 6.07) is 0. The molecule has 0 spiro atoms. The number of nitrogens with two attached hydrogens (primary N) is 1. The average molecular weight is 483 g/mol. The van der Waals surface area contributed by atoms with Gasteiger partial charge in [0.1, 0.15) is 0 Å². The highest BCUT2D eigenvalue weighted by Crippen LogP contribution is 2.16. The quantitative estimate of drug-likeness (QED) is 0.0798. The van der Waals surface area contributed by atoms with Gasteiger partial charge >= 0.3 is 11.9 Å². The Morgan fingerprint density at radius 2 is 2.00 bits per heavy atom. The summed E-state index contributed by atoms with van der Waals surface area (Å²) in [4.78, 5) is 31.4. The summed E-state index contributed by atoms with van der Waals surface area (Å²) in [5.41, 5.74) is 6.82. The number of carbonyl (C=O) groups is 2. The van der Waals surface area contributed by atoms with Gasteiger partial charge in [-0.2, -0.15) is 5.26 Å². The van der Waals surface area contributed by atoms with Crippen molar-refractivity contribution in [1.82, 2.24) is 15.6 Å². The number of methoxy groups -OCH3 is 1. The van der Waals surface area contributed by atoms with E-state index < -0.39 is 11.9 Å². The fraction of sp³-hybridized carbons (Fsp3) is 0.474. The van der Waals surface area contributed by atoms with Crippen molar-refractivity contribution in [2.24, 2.45) is 15.7 Å². The lowest BCUT2D eigenvalue weighted by Crippen LogP contribution is -2.35. The van der Waals surface area contributed by atoms with Crippen LogP contribution in [-0.2, 0) is 20.7 Å². The van der Waals surface area contributed by atoms with Crippen molar-refractivity contribution in [2.45, 2.75) is 25.7 Å². The van der Waals surface area contributed by atoms with Gasteiger partial charge in [0.2, 0.25) is 12.2 Å². The van der Waals surface area contributed by atoms with Crippen molar-refractivity contribution >= 4 is 40.3 Å². The number of nitrogens with one attached hydrogen (secondary N) is 3. The molecule has 0 aliphatic rings. The molecule has 0 amide bonds. The van der Waals surface area contributed by atoms with Crippen LogP contribution in [-0.4, -0.2) is 72.9 Å². The minimum atomic E-state index is -1.26. The molecule has 1 rings (SSSR count). The minimum Gasteiger partial charge on any atom is -0.478 e. The van der Waals surface area contributed by atoms with Crippen LogP contribution in [0.25, 0.3) is 0 Å². The number of carboxylic acids is 2. The Morgan fingerprint density at radius 3 is 2.58 bits per heavy atom. The van der Waals surface area contributed by atoms with Crippen LogP contribution in [0, 0.1) is 11.5 Å². The number of aryl methyl sites for hydroxylation is 1. The van der Waals surface area contributed by atoms with Gasteiger partial charge in [0.25, 0.3) is 0 Å². The van der Waals surface area contributed by atoms with Gasteiger partial charge in [-0.15, -0.1) is 16.3 Å². The number of nitrogens with zero attached hydrogens (tertiary/aromatic N) is 4. The van der Waals surface area contributed by atoms with Crippen molar-refractivity contribution in [1.29, 1.82) is 5.26 Å². The van der Waals surface area contributed by atoms with Crippen molar-refractivity contribution in [3.8, 4) is 6.19 Å². The van der Waals surface area contributed by atoms with Gasteiger partial charge < -0.3 is 36.6 Å². The number of aliphatic imine (C=N–C) groups is 2. The highest BCUT2D eigenvalue weighted by molar-refractivity contribution is 7.13. The van der Waals surface area contributed by atoms with Crippen molar-refractivity contribution in [3.05, 3.63) is 23.2 Å². The molecule has 0 saturated carbocycles. The number of aliphatic carboxylic acids is 2. The number of nitriles is 1. The van der Waals surface area contributed by atoms with E-state index in [2.05, 4.69) is 30.9 Å². The fourth-order valence-corrected chi connectivity index (χ4v) is 2.83. The lowest BCUT2D eigenvalue weighted by Gasteiger charge is -2.06. The Hall–Kier alpha value is -3.70. The molecule has 0 aliphatic carbocycles. The van der Waals surface area contributed by atoms with Gasteiger partial charge in [-0.3, -0.25) is 4.99 Å². The number of aromatic nitrogens is 1. The molecule has 1 aromatic heterocycles. The smallest absolute Gasteiger partial charge is 0.328 e. The lowest BCUT2D eigenvalue weighted by atomic mass is 10.1. The predicted molar refractivity (Wildman–Crippen MR) is 126 cm³/mol. The molecule has 0 aliphatic heterocycles. The van der Waals surface area contributed by atoms with E-state index in [4.69, 9.17) is 25.9 Å². The molecule has 13 nitrogen and oxygen atoms in total. The van der Waals surface area contributed by atoms with Crippen molar-refractivity contribution < 1.29 is 24.5 Å². The molecule has 0 saturated heterocycles. The number of ether oxygens (including phenoxy) is 1. The molecule has 0 unspecified atom stereocenters. The summed E-state index contributed by atoms with van der Waals surface area (Å²) in [7, 11) is 3.36. The molecule has 14 heteroatoms. The third-order valence-corrected chi connectivity index (χ3v) is 4.34. The number of carboxylic acid groups (broad SMARTS) is 2. The van der Waals surface area contributed by atoms with E-state index >= 15 is 0 Å². The largest absolute Gasteiger partial charge is 0.478 e. The van der Waals surface area contributed by atoms with Crippen LogP contribution in [0.15, 0.2) is 27.5 Å². The Bertz CT molecular complexity index is 831. The van der Waals surface area contributed by atoms with E-state index in [-0.39, 0.29) is 0 Å². The Balaban J connectivity index is 0.00000109.